The zero-order valence-corrected chi connectivity index (χ0v) is 21.7. The Kier molecular flexibility index (Phi) is 6.30. The number of aryl methyl sites for hydroxylation is 2. The second kappa shape index (κ2) is 9.23. The molecule has 4 atom stereocenters. The maximum absolute atomic E-state index is 6.92. The number of nitrogens with zero attached hydrogens (tertiary/aromatic N) is 3. The van der Waals surface area contributed by atoms with Crippen LogP contribution in [-0.4, -0.2) is 28.2 Å². The zero-order chi connectivity index (χ0) is 24.0. The molecule has 0 amide bonds. The lowest BCUT2D eigenvalue weighted by Gasteiger charge is -2.37. The van der Waals surface area contributed by atoms with Crippen molar-refractivity contribution in [3.63, 3.8) is 0 Å². The van der Waals surface area contributed by atoms with Gasteiger partial charge in [-0.1, -0.05) is 31.5 Å². The fourth-order valence-corrected chi connectivity index (χ4v) is 6.40. The Hall–Kier alpha value is -2.57. The SMILES string of the molecule is Cc1cc([C@@H]2[C@H](c3ccccn3)NC(=S)N2c2ccc(N3C[C@H](C)C[C@@H](C)C3)c(Cl)c2)c(C)[nH]1. The first-order chi connectivity index (χ1) is 16.3. The lowest BCUT2D eigenvalue weighted by molar-refractivity contribution is 0.357. The number of aromatic nitrogens is 2. The minimum Gasteiger partial charge on any atom is -0.370 e. The van der Waals surface area contributed by atoms with E-state index in [2.05, 4.69) is 83.1 Å². The fourth-order valence-electron chi connectivity index (χ4n) is 5.76. The molecule has 0 spiro atoms. The third kappa shape index (κ3) is 4.29. The number of anilines is 2. The first kappa shape index (κ1) is 23.2. The third-order valence-corrected chi connectivity index (χ3v) is 7.64. The van der Waals surface area contributed by atoms with Crippen LogP contribution in [0.5, 0.6) is 0 Å². The van der Waals surface area contributed by atoms with Crippen LogP contribution in [-0.2, 0) is 0 Å². The van der Waals surface area contributed by atoms with Gasteiger partial charge in [0.15, 0.2) is 5.11 Å². The number of aromatic amines is 1. The molecule has 5 rings (SSSR count). The maximum Gasteiger partial charge on any atom is 0.174 e. The first-order valence-corrected chi connectivity index (χ1v) is 12.8. The molecule has 2 saturated heterocycles. The van der Waals surface area contributed by atoms with Crippen LogP contribution in [0.2, 0.25) is 5.02 Å². The average molecular weight is 494 g/mol. The molecule has 4 heterocycles. The summed E-state index contributed by atoms with van der Waals surface area (Å²) in [6.07, 6.45) is 3.10. The third-order valence-electron chi connectivity index (χ3n) is 7.03. The molecule has 7 heteroatoms. The minimum absolute atomic E-state index is 0.0377. The van der Waals surface area contributed by atoms with Gasteiger partial charge in [0, 0.05) is 36.4 Å². The normalized spacial score (nSPS) is 25.0. The Morgan fingerprint density at radius 2 is 1.82 bits per heavy atom. The van der Waals surface area contributed by atoms with Crippen molar-refractivity contribution in [3.05, 3.63) is 76.3 Å². The summed E-state index contributed by atoms with van der Waals surface area (Å²) in [5.74, 6) is 1.33. The van der Waals surface area contributed by atoms with E-state index in [0.717, 1.165) is 46.6 Å². The lowest BCUT2D eigenvalue weighted by Crippen LogP contribution is -2.38. The van der Waals surface area contributed by atoms with Crippen LogP contribution >= 0.6 is 23.8 Å². The summed E-state index contributed by atoms with van der Waals surface area (Å²) in [6, 6.07) is 14.5. The second-order valence-electron chi connectivity index (χ2n) is 10.0. The standard InChI is InChI=1S/C27H32ClN5S/c1-16-11-17(2)15-32(14-16)24-9-8-20(13-22(24)28)33-26(21-12-18(3)30-19(21)4)25(31-27(33)34)23-7-5-6-10-29-23/h5-10,12-13,16-17,25-26,30H,11,14-15H2,1-4H3,(H,31,34)/t16-,17-,25+,26-/m1/s1. The van der Waals surface area contributed by atoms with Gasteiger partial charge in [-0.2, -0.15) is 0 Å². The van der Waals surface area contributed by atoms with Gasteiger partial charge in [0.25, 0.3) is 0 Å². The van der Waals surface area contributed by atoms with Gasteiger partial charge in [-0.25, -0.2) is 0 Å². The van der Waals surface area contributed by atoms with Gasteiger partial charge in [-0.3, -0.25) is 4.98 Å². The average Bonchev–Trinajstić information content (AvgIpc) is 3.31. The summed E-state index contributed by atoms with van der Waals surface area (Å²) in [5.41, 5.74) is 6.54. The predicted octanol–water partition coefficient (Wildman–Crippen LogP) is 6.34. The van der Waals surface area contributed by atoms with Crippen LogP contribution in [0.3, 0.4) is 0 Å². The number of H-pyrrole nitrogens is 1. The van der Waals surface area contributed by atoms with Gasteiger partial charge >= 0.3 is 0 Å². The number of rotatable bonds is 4. The topological polar surface area (TPSA) is 47.2 Å². The van der Waals surface area contributed by atoms with Crippen molar-refractivity contribution in [3.8, 4) is 0 Å². The molecule has 2 aliphatic rings. The van der Waals surface area contributed by atoms with Crippen molar-refractivity contribution < 1.29 is 0 Å². The van der Waals surface area contributed by atoms with Crippen molar-refractivity contribution >= 4 is 40.3 Å². The Morgan fingerprint density at radius 3 is 2.44 bits per heavy atom. The van der Waals surface area contributed by atoms with Crippen molar-refractivity contribution in [2.75, 3.05) is 22.9 Å². The van der Waals surface area contributed by atoms with Crippen LogP contribution in [0.1, 0.15) is 55.0 Å². The van der Waals surface area contributed by atoms with Crippen molar-refractivity contribution in [1.82, 2.24) is 15.3 Å². The van der Waals surface area contributed by atoms with E-state index in [1.165, 1.54) is 12.0 Å². The number of piperidine rings is 1. The highest BCUT2D eigenvalue weighted by molar-refractivity contribution is 7.80. The number of hydrogen-bond donors (Lipinski definition) is 2. The molecule has 0 bridgehead atoms. The summed E-state index contributed by atoms with van der Waals surface area (Å²) in [7, 11) is 0. The van der Waals surface area contributed by atoms with Crippen LogP contribution < -0.4 is 15.1 Å². The van der Waals surface area contributed by atoms with E-state index in [0.29, 0.717) is 16.9 Å². The second-order valence-corrected chi connectivity index (χ2v) is 10.8. The van der Waals surface area contributed by atoms with E-state index in [1.807, 2.05) is 18.3 Å². The van der Waals surface area contributed by atoms with Crippen molar-refractivity contribution in [2.24, 2.45) is 11.8 Å². The smallest absolute Gasteiger partial charge is 0.174 e. The molecule has 2 aliphatic heterocycles. The summed E-state index contributed by atoms with van der Waals surface area (Å²) < 4.78 is 0. The van der Waals surface area contributed by atoms with E-state index in [1.54, 1.807) is 0 Å². The highest BCUT2D eigenvalue weighted by Crippen LogP contribution is 2.44. The Labute approximate surface area is 212 Å². The predicted molar refractivity (Wildman–Crippen MR) is 145 cm³/mol. The number of thiocarbonyl (C=S) groups is 1. The fraction of sp³-hybridized carbons (Fsp3) is 0.407. The summed E-state index contributed by atoms with van der Waals surface area (Å²) >= 11 is 12.8. The van der Waals surface area contributed by atoms with E-state index in [9.17, 15) is 0 Å². The number of nitrogens with one attached hydrogen (secondary N) is 2. The minimum atomic E-state index is -0.0650. The molecule has 0 saturated carbocycles. The molecule has 0 radical (unpaired) electrons. The van der Waals surface area contributed by atoms with Crippen LogP contribution in [0.25, 0.3) is 0 Å². The van der Waals surface area contributed by atoms with E-state index < -0.39 is 0 Å². The van der Waals surface area contributed by atoms with Crippen molar-refractivity contribution in [2.45, 2.75) is 46.2 Å². The number of halogens is 1. The number of pyridine rings is 1. The van der Waals surface area contributed by atoms with E-state index in [-0.39, 0.29) is 12.1 Å². The van der Waals surface area contributed by atoms with Gasteiger partial charge in [0.1, 0.15) is 0 Å². The number of hydrogen-bond acceptors (Lipinski definition) is 3. The molecule has 5 nitrogen and oxygen atoms in total. The molecule has 2 fully saturated rings. The van der Waals surface area contributed by atoms with Crippen LogP contribution in [0, 0.1) is 25.7 Å². The van der Waals surface area contributed by atoms with Crippen molar-refractivity contribution in [1.29, 1.82) is 0 Å². The molecule has 1 aromatic carbocycles. The molecule has 3 aromatic rings. The quantitative estimate of drug-likeness (QED) is 0.415. The molecule has 178 valence electrons. The highest BCUT2D eigenvalue weighted by Gasteiger charge is 2.42. The van der Waals surface area contributed by atoms with Gasteiger partial charge in [-0.05, 0) is 86.3 Å². The van der Waals surface area contributed by atoms with Gasteiger partial charge in [-0.15, -0.1) is 0 Å². The summed E-state index contributed by atoms with van der Waals surface area (Å²) in [4.78, 5) is 12.7. The molecule has 34 heavy (non-hydrogen) atoms. The maximum atomic E-state index is 6.92. The Balaban J connectivity index is 1.54. The summed E-state index contributed by atoms with van der Waals surface area (Å²) in [6.45, 7) is 10.9. The largest absolute Gasteiger partial charge is 0.370 e. The number of benzene rings is 1. The molecule has 2 aromatic heterocycles. The Bertz CT molecular complexity index is 1180. The highest BCUT2D eigenvalue weighted by atomic mass is 35.5. The first-order valence-electron chi connectivity index (χ1n) is 12.0. The van der Waals surface area contributed by atoms with Gasteiger partial charge in [0.05, 0.1) is 28.5 Å². The van der Waals surface area contributed by atoms with Gasteiger partial charge < -0.3 is 20.1 Å². The molecular weight excluding hydrogens is 462 g/mol. The molecule has 2 N–H and O–H groups in total. The van der Waals surface area contributed by atoms with Crippen LogP contribution in [0.15, 0.2) is 48.7 Å². The van der Waals surface area contributed by atoms with Gasteiger partial charge in [0.2, 0.25) is 0 Å². The lowest BCUT2D eigenvalue weighted by atomic mass is 9.91. The summed E-state index contributed by atoms with van der Waals surface area (Å²) in [5, 5.41) is 4.99. The van der Waals surface area contributed by atoms with E-state index >= 15 is 0 Å². The molecule has 0 unspecified atom stereocenters. The molecular formula is C27H32ClN5S. The Morgan fingerprint density at radius 1 is 1.06 bits per heavy atom. The monoisotopic (exact) mass is 493 g/mol. The molecule has 0 aliphatic carbocycles. The van der Waals surface area contributed by atoms with E-state index in [4.69, 9.17) is 23.8 Å². The van der Waals surface area contributed by atoms with Crippen LogP contribution in [0.4, 0.5) is 11.4 Å². The zero-order valence-electron chi connectivity index (χ0n) is 20.2.